The Kier molecular flexibility index (Phi) is 7.25. The van der Waals surface area contributed by atoms with Gasteiger partial charge in [-0.2, -0.15) is 0 Å². The van der Waals surface area contributed by atoms with Gasteiger partial charge in [-0.05, 0) is 54.9 Å². The quantitative estimate of drug-likeness (QED) is 0.489. The molecule has 0 aliphatic rings. The third-order valence-electron chi connectivity index (χ3n) is 2.33. The maximum Gasteiger partial charge on any atom is 0.278 e. The summed E-state index contributed by atoms with van der Waals surface area (Å²) in [5.41, 5.74) is -0.740. The Bertz CT molecular complexity index is 603. The van der Waals surface area contributed by atoms with Gasteiger partial charge in [-0.15, -0.1) is 0 Å². The predicted octanol–water partition coefficient (Wildman–Crippen LogP) is 4.37. The molecular formula is C11H19BrN2O4P2S2. The maximum absolute atomic E-state index is 13.4. The average molecular weight is 449 g/mol. The van der Waals surface area contributed by atoms with Crippen LogP contribution in [0.15, 0.2) is 22.0 Å². The van der Waals surface area contributed by atoms with Crippen molar-refractivity contribution in [1.82, 2.24) is 9.97 Å². The number of hydrogen-bond acceptors (Lipinski definition) is 6. The average Bonchev–Trinajstić information content (AvgIpc) is 2.28. The van der Waals surface area contributed by atoms with Crippen LogP contribution in [0.1, 0.15) is 34.1 Å². The second-order valence-electron chi connectivity index (χ2n) is 5.50. The van der Waals surface area contributed by atoms with Gasteiger partial charge in [0.1, 0.15) is 5.40 Å². The van der Waals surface area contributed by atoms with Crippen molar-refractivity contribution in [3.63, 3.8) is 0 Å². The van der Waals surface area contributed by atoms with E-state index in [4.69, 9.17) is 16.3 Å². The zero-order chi connectivity index (χ0) is 17.2. The van der Waals surface area contributed by atoms with Crippen LogP contribution < -0.4 is 0 Å². The van der Waals surface area contributed by atoms with E-state index in [9.17, 15) is 14.4 Å². The molecule has 0 aliphatic heterocycles. The van der Waals surface area contributed by atoms with Crippen molar-refractivity contribution in [3.05, 3.63) is 16.9 Å². The van der Waals surface area contributed by atoms with Crippen LogP contribution in [0.2, 0.25) is 0 Å². The predicted molar refractivity (Wildman–Crippen MR) is 96.8 cm³/mol. The third kappa shape index (κ3) is 6.29. The van der Waals surface area contributed by atoms with E-state index in [0.29, 0.717) is 4.47 Å². The molecule has 1 heterocycles. The van der Waals surface area contributed by atoms with Crippen LogP contribution in [0.4, 0.5) is 0 Å². The summed E-state index contributed by atoms with van der Waals surface area (Å²) in [5.74, 6) is 0. The molecule has 0 spiro atoms. The first-order valence-electron chi connectivity index (χ1n) is 6.40. The van der Waals surface area contributed by atoms with Crippen LogP contribution in [0.25, 0.3) is 0 Å². The lowest BCUT2D eigenvalue weighted by Gasteiger charge is -2.33. The van der Waals surface area contributed by atoms with E-state index in [-0.39, 0.29) is 11.6 Å². The zero-order valence-corrected chi connectivity index (χ0v) is 17.6. The fourth-order valence-corrected chi connectivity index (χ4v) is 12.1. The number of nitrogens with zero attached hydrogens (tertiary/aromatic N) is 2. The van der Waals surface area contributed by atoms with Crippen LogP contribution in [-0.2, 0) is 20.9 Å². The Morgan fingerprint density at radius 1 is 1.41 bits per heavy atom. The molecule has 0 saturated carbocycles. The molecule has 6 nitrogen and oxygen atoms in total. The van der Waals surface area contributed by atoms with Crippen LogP contribution in [-0.4, -0.2) is 30.8 Å². The highest BCUT2D eigenvalue weighted by Crippen LogP contribution is 2.75. The number of hydrogen-bond donors (Lipinski definition) is 2. The first kappa shape index (κ1) is 20.7. The second kappa shape index (κ2) is 7.70. The standard InChI is InChI=1S/C11H19BrN2O4P2S2/c1-5-9(19(15,16)21)20(17,18-11(2,3)4)22-10-13-6-8(12)7-14-10/h6-7,9H,5H2,1-4H3,(H2,15,16,21). The summed E-state index contributed by atoms with van der Waals surface area (Å²) in [6.07, 6.45) is 3.26. The minimum Gasteiger partial charge on any atom is -0.345 e. The van der Waals surface area contributed by atoms with Crippen molar-refractivity contribution in [3.8, 4) is 0 Å². The molecule has 0 aromatic carbocycles. The van der Waals surface area contributed by atoms with Gasteiger partial charge < -0.3 is 14.3 Å². The van der Waals surface area contributed by atoms with E-state index >= 15 is 0 Å². The molecule has 1 rings (SSSR count). The number of rotatable bonds is 6. The van der Waals surface area contributed by atoms with Crippen LogP contribution in [0.5, 0.6) is 0 Å². The van der Waals surface area contributed by atoms with E-state index in [2.05, 4.69) is 25.9 Å². The summed E-state index contributed by atoms with van der Waals surface area (Å²) in [4.78, 5) is 27.9. The lowest BCUT2D eigenvalue weighted by molar-refractivity contribution is 0.139. The number of halogens is 1. The van der Waals surface area contributed by atoms with Crippen molar-refractivity contribution in [2.75, 3.05) is 0 Å². The largest absolute Gasteiger partial charge is 0.345 e. The molecule has 0 bridgehead atoms. The van der Waals surface area contributed by atoms with Crippen molar-refractivity contribution in [1.29, 1.82) is 0 Å². The van der Waals surface area contributed by atoms with Crippen LogP contribution >= 0.6 is 40.4 Å². The van der Waals surface area contributed by atoms with Crippen molar-refractivity contribution >= 4 is 52.2 Å². The van der Waals surface area contributed by atoms with Gasteiger partial charge in [0.05, 0.1) is 10.1 Å². The molecule has 0 amide bonds. The van der Waals surface area contributed by atoms with Gasteiger partial charge >= 0.3 is 0 Å². The molecule has 11 heteroatoms. The molecule has 0 saturated heterocycles. The van der Waals surface area contributed by atoms with Gasteiger partial charge in [0.15, 0.2) is 11.6 Å². The molecule has 0 aliphatic carbocycles. The molecule has 1 aromatic rings. The summed E-state index contributed by atoms with van der Waals surface area (Å²) in [5, 5.41) is -0.802. The van der Waals surface area contributed by atoms with E-state index < -0.39 is 24.1 Å². The summed E-state index contributed by atoms with van der Waals surface area (Å²) in [7, 11) is 0. The Morgan fingerprint density at radius 3 is 2.27 bits per heavy atom. The minimum absolute atomic E-state index is 0.223. The highest BCUT2D eigenvalue weighted by molar-refractivity contribution is 9.10. The summed E-state index contributed by atoms with van der Waals surface area (Å²) in [6.45, 7) is -0.433. The van der Waals surface area contributed by atoms with E-state index in [1.165, 1.54) is 12.4 Å². The fourth-order valence-electron chi connectivity index (χ4n) is 1.63. The molecule has 126 valence electrons. The van der Waals surface area contributed by atoms with Gasteiger partial charge in [-0.1, -0.05) is 6.92 Å². The van der Waals surface area contributed by atoms with Crippen molar-refractivity contribution in [2.45, 2.75) is 50.3 Å². The van der Waals surface area contributed by atoms with Gasteiger partial charge in [0, 0.05) is 23.8 Å². The lowest BCUT2D eigenvalue weighted by Crippen LogP contribution is -2.21. The van der Waals surface area contributed by atoms with Crippen molar-refractivity contribution in [2.24, 2.45) is 0 Å². The third-order valence-corrected chi connectivity index (χ3v) is 12.2. The molecule has 22 heavy (non-hydrogen) atoms. The lowest BCUT2D eigenvalue weighted by atomic mass is 10.2. The van der Waals surface area contributed by atoms with Crippen LogP contribution in [0.3, 0.4) is 0 Å². The normalized spacial score (nSPS) is 17.0. The first-order valence-corrected chi connectivity index (χ1v) is 13.1. The Hall–Kier alpha value is 0.670. The summed E-state index contributed by atoms with van der Waals surface area (Å²) in [6, 6.07) is 0. The van der Waals surface area contributed by atoms with E-state index in [1.807, 2.05) is 0 Å². The second-order valence-corrected chi connectivity index (χ2v) is 14.7. The number of aromatic nitrogens is 2. The molecular weight excluding hydrogens is 430 g/mol. The molecule has 2 atom stereocenters. The maximum atomic E-state index is 13.4. The molecule has 0 fully saturated rings. The first-order chi connectivity index (χ1) is 9.87. The SMILES string of the molecule is CCC(P(=O)(OC(C)(C)C)Sc1ncc(Br)cn1)P(O)(O)=S. The molecule has 0 radical (unpaired) electrons. The molecule has 2 N–H and O–H groups in total. The molecule has 1 aromatic heterocycles. The Balaban J connectivity index is 3.24. The fraction of sp³-hybridized carbons (Fsp3) is 0.636. The smallest absolute Gasteiger partial charge is 0.278 e. The molecule has 2 unspecified atom stereocenters. The minimum atomic E-state index is -3.77. The van der Waals surface area contributed by atoms with Crippen LogP contribution in [0, 0.1) is 0 Å². The monoisotopic (exact) mass is 448 g/mol. The van der Waals surface area contributed by atoms with Gasteiger partial charge in [-0.3, -0.25) is 4.57 Å². The van der Waals surface area contributed by atoms with Gasteiger partial charge in [0.2, 0.25) is 0 Å². The van der Waals surface area contributed by atoms with Crippen molar-refractivity contribution < 1.29 is 18.9 Å². The summed E-state index contributed by atoms with van der Waals surface area (Å²) >= 11 is 8.83. The van der Waals surface area contributed by atoms with Gasteiger partial charge in [0.25, 0.3) is 6.57 Å². The highest BCUT2D eigenvalue weighted by Gasteiger charge is 2.46. The Morgan fingerprint density at radius 2 is 1.91 bits per heavy atom. The Labute approximate surface area is 148 Å². The highest BCUT2D eigenvalue weighted by atomic mass is 79.9. The van der Waals surface area contributed by atoms with E-state index in [0.717, 1.165) is 11.4 Å². The van der Waals surface area contributed by atoms with E-state index in [1.54, 1.807) is 27.7 Å². The zero-order valence-electron chi connectivity index (χ0n) is 12.6. The van der Waals surface area contributed by atoms with Gasteiger partial charge in [-0.25, -0.2) is 9.97 Å². The topological polar surface area (TPSA) is 92.5 Å². The summed E-state index contributed by atoms with van der Waals surface area (Å²) < 4.78 is 19.7.